The maximum atomic E-state index is 12.4. The zero-order valence-corrected chi connectivity index (χ0v) is 15.6. The van der Waals surface area contributed by atoms with E-state index in [1.165, 1.54) is 6.26 Å². The zero-order valence-electron chi connectivity index (χ0n) is 15.6. The number of hydrogen-bond acceptors (Lipinski definition) is 4. The van der Waals surface area contributed by atoms with E-state index in [0.29, 0.717) is 17.7 Å². The molecule has 1 heterocycles. The zero-order chi connectivity index (χ0) is 20.0. The summed E-state index contributed by atoms with van der Waals surface area (Å²) in [7, 11) is 0. The summed E-state index contributed by atoms with van der Waals surface area (Å²) in [5.74, 6) is -1.99. The van der Waals surface area contributed by atoms with Crippen LogP contribution in [0.3, 0.4) is 0 Å². The maximum absolute atomic E-state index is 12.4. The van der Waals surface area contributed by atoms with Crippen LogP contribution in [0.1, 0.15) is 46.7 Å². The number of benzene rings is 1. The highest BCUT2D eigenvalue weighted by Crippen LogP contribution is 2.19. The molecule has 1 aromatic heterocycles. The number of amides is 2. The van der Waals surface area contributed by atoms with Gasteiger partial charge in [0.25, 0.3) is 11.8 Å². The maximum Gasteiger partial charge on any atom is 0.308 e. The van der Waals surface area contributed by atoms with E-state index >= 15 is 0 Å². The van der Waals surface area contributed by atoms with Gasteiger partial charge in [0.05, 0.1) is 12.2 Å². The van der Waals surface area contributed by atoms with Crippen LogP contribution in [0.15, 0.2) is 41.0 Å². The second kappa shape index (κ2) is 9.02. The van der Waals surface area contributed by atoms with Crippen molar-refractivity contribution in [2.45, 2.75) is 27.2 Å². The fourth-order valence-electron chi connectivity index (χ4n) is 2.65. The average Bonchev–Trinajstić information content (AvgIpc) is 3.14. The standard InChI is InChI=1S/C20H24N2O5/c1-12(2)9-15(20(25)26)11-21-18(23)14-7-6-13(3)16(10-14)22-19(24)17-5-4-8-27-17/h4-8,10,12,15H,9,11H2,1-3H3,(H,21,23)(H,22,24)(H,25,26). The molecule has 7 nitrogen and oxygen atoms in total. The van der Waals surface area contributed by atoms with Crippen molar-refractivity contribution >= 4 is 23.5 Å². The predicted molar refractivity (Wildman–Crippen MR) is 101 cm³/mol. The molecule has 0 aliphatic heterocycles. The minimum Gasteiger partial charge on any atom is -0.481 e. The Bertz CT molecular complexity index is 812. The second-order valence-electron chi connectivity index (χ2n) is 6.84. The summed E-state index contributed by atoms with van der Waals surface area (Å²) >= 11 is 0. The van der Waals surface area contributed by atoms with Crippen molar-refractivity contribution in [3.05, 3.63) is 53.5 Å². The van der Waals surface area contributed by atoms with E-state index < -0.39 is 23.7 Å². The van der Waals surface area contributed by atoms with Gasteiger partial charge < -0.3 is 20.2 Å². The molecule has 0 saturated heterocycles. The number of nitrogens with one attached hydrogen (secondary N) is 2. The number of anilines is 1. The number of carboxylic acid groups (broad SMARTS) is 1. The minimum absolute atomic E-state index is 0.0499. The average molecular weight is 372 g/mol. The largest absolute Gasteiger partial charge is 0.481 e. The number of aliphatic carboxylic acids is 1. The highest BCUT2D eigenvalue weighted by atomic mass is 16.4. The predicted octanol–water partition coefficient (Wildman–Crippen LogP) is 3.32. The fraction of sp³-hybridized carbons (Fsp3) is 0.350. The number of carboxylic acids is 1. The Morgan fingerprint density at radius 1 is 1.15 bits per heavy atom. The van der Waals surface area contributed by atoms with Gasteiger partial charge in [-0.05, 0) is 49.1 Å². The Hall–Kier alpha value is -3.09. The van der Waals surface area contributed by atoms with Gasteiger partial charge in [-0.1, -0.05) is 19.9 Å². The second-order valence-corrected chi connectivity index (χ2v) is 6.84. The molecule has 0 aliphatic carbocycles. The monoisotopic (exact) mass is 372 g/mol. The van der Waals surface area contributed by atoms with E-state index in [9.17, 15) is 19.5 Å². The smallest absolute Gasteiger partial charge is 0.308 e. The van der Waals surface area contributed by atoms with Crippen LogP contribution in [-0.4, -0.2) is 29.4 Å². The van der Waals surface area contributed by atoms with E-state index in [2.05, 4.69) is 10.6 Å². The summed E-state index contributed by atoms with van der Waals surface area (Å²) < 4.78 is 5.06. The fourth-order valence-corrected chi connectivity index (χ4v) is 2.65. The minimum atomic E-state index is -0.931. The number of carbonyl (C=O) groups excluding carboxylic acids is 2. The van der Waals surface area contributed by atoms with E-state index in [0.717, 1.165) is 5.56 Å². The lowest BCUT2D eigenvalue weighted by molar-refractivity contribution is -0.142. The van der Waals surface area contributed by atoms with Gasteiger partial charge in [0, 0.05) is 17.8 Å². The van der Waals surface area contributed by atoms with Crippen molar-refractivity contribution in [2.24, 2.45) is 11.8 Å². The van der Waals surface area contributed by atoms with Crippen molar-refractivity contribution in [3.8, 4) is 0 Å². The molecule has 0 aliphatic rings. The Labute approximate surface area is 157 Å². The number of carbonyl (C=O) groups is 3. The van der Waals surface area contributed by atoms with Crippen molar-refractivity contribution in [1.29, 1.82) is 0 Å². The van der Waals surface area contributed by atoms with E-state index in [1.54, 1.807) is 30.3 Å². The van der Waals surface area contributed by atoms with Crippen LogP contribution in [0.4, 0.5) is 5.69 Å². The van der Waals surface area contributed by atoms with Crippen molar-refractivity contribution < 1.29 is 23.9 Å². The highest BCUT2D eigenvalue weighted by molar-refractivity contribution is 6.04. The van der Waals surface area contributed by atoms with Gasteiger partial charge in [-0.3, -0.25) is 14.4 Å². The molecular weight excluding hydrogens is 348 g/mol. The van der Waals surface area contributed by atoms with Gasteiger partial charge >= 0.3 is 5.97 Å². The summed E-state index contributed by atoms with van der Waals surface area (Å²) in [6.45, 7) is 5.73. The summed E-state index contributed by atoms with van der Waals surface area (Å²) in [6.07, 6.45) is 1.88. The molecule has 2 amide bonds. The molecule has 0 radical (unpaired) electrons. The van der Waals surface area contributed by atoms with Crippen molar-refractivity contribution in [1.82, 2.24) is 5.32 Å². The molecule has 1 atom stereocenters. The molecule has 2 aromatic rings. The Morgan fingerprint density at radius 2 is 1.89 bits per heavy atom. The molecule has 7 heteroatoms. The number of aryl methyl sites for hydroxylation is 1. The SMILES string of the molecule is Cc1ccc(C(=O)NCC(CC(C)C)C(=O)O)cc1NC(=O)c1ccco1. The van der Waals surface area contributed by atoms with Gasteiger partial charge in [0.2, 0.25) is 0 Å². The lowest BCUT2D eigenvalue weighted by Gasteiger charge is -2.16. The Balaban J connectivity index is 2.06. The van der Waals surface area contributed by atoms with Crippen LogP contribution in [-0.2, 0) is 4.79 Å². The van der Waals surface area contributed by atoms with Crippen LogP contribution in [0.25, 0.3) is 0 Å². The first-order chi connectivity index (χ1) is 12.8. The number of hydrogen-bond donors (Lipinski definition) is 3. The quantitative estimate of drug-likeness (QED) is 0.659. The lowest BCUT2D eigenvalue weighted by Crippen LogP contribution is -2.33. The molecule has 0 fully saturated rings. The first kappa shape index (κ1) is 20.2. The molecule has 0 spiro atoms. The highest BCUT2D eigenvalue weighted by Gasteiger charge is 2.20. The molecule has 3 N–H and O–H groups in total. The summed E-state index contributed by atoms with van der Waals surface area (Å²) in [6, 6.07) is 8.06. The van der Waals surface area contributed by atoms with Gasteiger partial charge in [0.1, 0.15) is 0 Å². The van der Waals surface area contributed by atoms with Gasteiger partial charge in [0.15, 0.2) is 5.76 Å². The summed E-state index contributed by atoms with van der Waals surface area (Å²) in [5.41, 5.74) is 1.61. The first-order valence-electron chi connectivity index (χ1n) is 8.74. The molecule has 0 saturated carbocycles. The van der Waals surface area contributed by atoms with E-state index in [-0.39, 0.29) is 18.2 Å². The Morgan fingerprint density at radius 3 is 2.48 bits per heavy atom. The topological polar surface area (TPSA) is 109 Å². The molecule has 27 heavy (non-hydrogen) atoms. The number of furan rings is 1. The third-order valence-corrected chi connectivity index (χ3v) is 4.11. The van der Waals surface area contributed by atoms with Gasteiger partial charge in [-0.25, -0.2) is 0 Å². The van der Waals surface area contributed by atoms with Crippen LogP contribution in [0.2, 0.25) is 0 Å². The van der Waals surface area contributed by atoms with E-state index in [4.69, 9.17) is 4.42 Å². The molecule has 2 rings (SSSR count). The van der Waals surface area contributed by atoms with Crippen molar-refractivity contribution in [2.75, 3.05) is 11.9 Å². The van der Waals surface area contributed by atoms with Crippen LogP contribution >= 0.6 is 0 Å². The van der Waals surface area contributed by atoms with Crippen LogP contribution < -0.4 is 10.6 Å². The van der Waals surface area contributed by atoms with Crippen LogP contribution in [0.5, 0.6) is 0 Å². The molecule has 0 bridgehead atoms. The number of rotatable bonds is 8. The van der Waals surface area contributed by atoms with E-state index in [1.807, 2.05) is 20.8 Å². The van der Waals surface area contributed by atoms with Gasteiger partial charge in [-0.15, -0.1) is 0 Å². The van der Waals surface area contributed by atoms with Gasteiger partial charge in [-0.2, -0.15) is 0 Å². The Kier molecular flexibility index (Phi) is 6.76. The molecule has 1 unspecified atom stereocenters. The van der Waals surface area contributed by atoms with Crippen LogP contribution in [0, 0.1) is 18.8 Å². The molecule has 1 aromatic carbocycles. The summed E-state index contributed by atoms with van der Waals surface area (Å²) in [5, 5.41) is 14.6. The first-order valence-corrected chi connectivity index (χ1v) is 8.74. The third kappa shape index (κ3) is 5.70. The molecular formula is C20H24N2O5. The lowest BCUT2D eigenvalue weighted by atomic mass is 9.97. The third-order valence-electron chi connectivity index (χ3n) is 4.11. The van der Waals surface area contributed by atoms with Crippen molar-refractivity contribution in [3.63, 3.8) is 0 Å². The normalized spacial score (nSPS) is 11.9. The summed E-state index contributed by atoms with van der Waals surface area (Å²) in [4.78, 5) is 35.8. The molecule has 144 valence electrons.